The lowest BCUT2D eigenvalue weighted by Crippen LogP contribution is -2.01. The van der Waals surface area contributed by atoms with Gasteiger partial charge in [-0.25, -0.2) is 4.79 Å². The van der Waals surface area contributed by atoms with E-state index in [1.807, 2.05) is 6.07 Å². The predicted octanol–water partition coefficient (Wildman–Crippen LogP) is 2.99. The molecule has 1 heterocycles. The van der Waals surface area contributed by atoms with Gasteiger partial charge >= 0.3 is 5.97 Å². The number of esters is 1. The van der Waals surface area contributed by atoms with Crippen LogP contribution < -0.4 is 9.47 Å². The van der Waals surface area contributed by atoms with Crippen LogP contribution in [0.15, 0.2) is 48.2 Å². The highest BCUT2D eigenvalue weighted by Gasteiger charge is 2.27. The van der Waals surface area contributed by atoms with Crippen LogP contribution in [0.2, 0.25) is 0 Å². The summed E-state index contributed by atoms with van der Waals surface area (Å²) in [5.74, 6) is 0.358. The topological polar surface area (TPSA) is 85.6 Å². The molecule has 0 atom stereocenters. The van der Waals surface area contributed by atoms with Gasteiger partial charge in [-0.3, -0.25) is 4.79 Å². The maximum atomic E-state index is 12.4. The van der Waals surface area contributed by atoms with E-state index in [0.29, 0.717) is 28.2 Å². The normalized spacial score (nSPS) is 13.8. The third kappa shape index (κ3) is 3.35. The summed E-state index contributed by atoms with van der Waals surface area (Å²) in [7, 11) is 1.31. The van der Waals surface area contributed by atoms with Crippen molar-refractivity contribution in [3.05, 3.63) is 64.9 Å². The molecule has 1 aliphatic rings. The van der Waals surface area contributed by atoms with Crippen LogP contribution in [0.3, 0.4) is 0 Å². The van der Waals surface area contributed by atoms with E-state index < -0.39 is 5.97 Å². The molecule has 0 bridgehead atoms. The van der Waals surface area contributed by atoms with Gasteiger partial charge in [0.2, 0.25) is 5.78 Å². The van der Waals surface area contributed by atoms with Crippen LogP contribution in [0, 0.1) is 11.3 Å². The van der Waals surface area contributed by atoms with Crippen molar-refractivity contribution in [1.82, 2.24) is 0 Å². The smallest absolute Gasteiger partial charge is 0.337 e. The molecule has 0 N–H and O–H groups in total. The van der Waals surface area contributed by atoms with E-state index in [1.54, 1.807) is 48.5 Å². The number of nitrogens with zero attached hydrogens (tertiary/aromatic N) is 1. The molecule has 0 saturated carbocycles. The van der Waals surface area contributed by atoms with Crippen molar-refractivity contribution in [3.63, 3.8) is 0 Å². The molecule has 124 valence electrons. The average Bonchev–Trinajstić information content (AvgIpc) is 2.95. The first-order valence-electron chi connectivity index (χ1n) is 7.39. The van der Waals surface area contributed by atoms with Crippen molar-refractivity contribution in [2.45, 2.75) is 0 Å². The summed E-state index contributed by atoms with van der Waals surface area (Å²) in [5, 5.41) is 8.54. The molecular formula is C19H13NO5. The Morgan fingerprint density at radius 1 is 1.24 bits per heavy atom. The van der Waals surface area contributed by atoms with Gasteiger partial charge in [0.15, 0.2) is 12.4 Å². The Bertz CT molecular complexity index is 906. The standard InChI is InChI=1S/C19H13NO5/c1-23-19(22)13-4-2-12(3-5-13)10-17-18(21)15-7-6-14(24-9-8-20)11-16(15)25-17/h2-7,10-11H,9H2,1H3/b17-10-. The molecule has 1 aliphatic heterocycles. The van der Waals surface area contributed by atoms with E-state index in [2.05, 4.69) is 4.74 Å². The molecule has 0 aliphatic carbocycles. The van der Waals surface area contributed by atoms with Gasteiger partial charge in [-0.15, -0.1) is 0 Å². The highest BCUT2D eigenvalue weighted by atomic mass is 16.5. The van der Waals surface area contributed by atoms with E-state index in [0.717, 1.165) is 0 Å². The van der Waals surface area contributed by atoms with E-state index in [-0.39, 0.29) is 18.1 Å². The van der Waals surface area contributed by atoms with Gasteiger partial charge in [-0.05, 0) is 35.9 Å². The Morgan fingerprint density at radius 3 is 2.68 bits per heavy atom. The summed E-state index contributed by atoms with van der Waals surface area (Å²) in [6.45, 7) is -0.0814. The van der Waals surface area contributed by atoms with Crippen molar-refractivity contribution in [2.75, 3.05) is 13.7 Å². The Labute approximate surface area is 143 Å². The van der Waals surface area contributed by atoms with Crippen molar-refractivity contribution in [2.24, 2.45) is 0 Å². The van der Waals surface area contributed by atoms with Crippen LogP contribution in [0.25, 0.3) is 6.08 Å². The number of methoxy groups -OCH3 is 1. The third-order valence-corrected chi connectivity index (χ3v) is 3.57. The number of ether oxygens (including phenoxy) is 3. The molecule has 0 aromatic heterocycles. The predicted molar refractivity (Wildman–Crippen MR) is 88.3 cm³/mol. The van der Waals surface area contributed by atoms with Crippen LogP contribution in [-0.2, 0) is 4.74 Å². The summed E-state index contributed by atoms with van der Waals surface area (Å²) in [4.78, 5) is 23.8. The number of hydrogen-bond donors (Lipinski definition) is 0. The zero-order chi connectivity index (χ0) is 17.8. The van der Waals surface area contributed by atoms with Crippen LogP contribution in [0.5, 0.6) is 11.5 Å². The van der Waals surface area contributed by atoms with Gasteiger partial charge in [-0.2, -0.15) is 5.26 Å². The minimum atomic E-state index is -0.426. The summed E-state index contributed by atoms with van der Waals surface area (Å²) in [6, 6.07) is 13.3. The first kappa shape index (κ1) is 16.3. The number of nitriles is 1. The molecular weight excluding hydrogens is 322 g/mol. The van der Waals surface area contributed by atoms with E-state index in [4.69, 9.17) is 14.7 Å². The zero-order valence-electron chi connectivity index (χ0n) is 13.3. The van der Waals surface area contributed by atoms with Crippen LogP contribution >= 0.6 is 0 Å². The molecule has 2 aromatic carbocycles. The molecule has 0 unspecified atom stereocenters. The monoisotopic (exact) mass is 335 g/mol. The van der Waals surface area contributed by atoms with Gasteiger partial charge in [0.05, 0.1) is 18.2 Å². The molecule has 0 saturated heterocycles. The number of allylic oxidation sites excluding steroid dienone is 1. The molecule has 0 radical (unpaired) electrons. The fraction of sp³-hybridized carbons (Fsp3) is 0.105. The number of hydrogen-bond acceptors (Lipinski definition) is 6. The van der Waals surface area contributed by atoms with E-state index in [1.165, 1.54) is 7.11 Å². The SMILES string of the molecule is COC(=O)c1ccc(/C=C2\Oc3cc(OCC#N)ccc3C2=O)cc1. The van der Waals surface area contributed by atoms with Crippen LogP contribution in [0.4, 0.5) is 0 Å². The molecule has 0 fully saturated rings. The molecule has 2 aromatic rings. The summed E-state index contributed by atoms with van der Waals surface area (Å²) >= 11 is 0. The van der Waals surface area contributed by atoms with Crippen LogP contribution in [0.1, 0.15) is 26.3 Å². The highest BCUT2D eigenvalue weighted by Crippen LogP contribution is 2.34. The summed E-state index contributed by atoms with van der Waals surface area (Å²) < 4.78 is 15.4. The zero-order valence-corrected chi connectivity index (χ0v) is 13.3. The number of rotatable bonds is 4. The second-order valence-corrected chi connectivity index (χ2v) is 5.16. The van der Waals surface area contributed by atoms with E-state index in [9.17, 15) is 9.59 Å². The summed E-state index contributed by atoms with van der Waals surface area (Å²) in [5.41, 5.74) is 1.57. The second-order valence-electron chi connectivity index (χ2n) is 5.16. The Morgan fingerprint density at radius 2 is 2.00 bits per heavy atom. The maximum absolute atomic E-state index is 12.4. The molecule has 6 heteroatoms. The highest BCUT2D eigenvalue weighted by molar-refractivity contribution is 6.14. The first-order valence-corrected chi connectivity index (χ1v) is 7.39. The minimum Gasteiger partial charge on any atom is -0.479 e. The van der Waals surface area contributed by atoms with Gasteiger partial charge < -0.3 is 14.2 Å². The van der Waals surface area contributed by atoms with Crippen molar-refractivity contribution < 1.29 is 23.8 Å². The van der Waals surface area contributed by atoms with Gasteiger partial charge in [0.1, 0.15) is 17.6 Å². The molecule has 25 heavy (non-hydrogen) atoms. The van der Waals surface area contributed by atoms with Crippen molar-refractivity contribution >= 4 is 17.8 Å². The van der Waals surface area contributed by atoms with Gasteiger partial charge in [-0.1, -0.05) is 12.1 Å². The lowest BCUT2D eigenvalue weighted by atomic mass is 10.1. The molecule has 3 rings (SSSR count). The quantitative estimate of drug-likeness (QED) is 0.631. The average molecular weight is 335 g/mol. The Hall–Kier alpha value is -3.59. The number of carbonyl (C=O) groups excluding carboxylic acids is 2. The summed E-state index contributed by atoms with van der Waals surface area (Å²) in [6.07, 6.45) is 1.60. The van der Waals surface area contributed by atoms with Gasteiger partial charge in [0, 0.05) is 6.07 Å². The fourth-order valence-corrected chi connectivity index (χ4v) is 2.36. The number of fused-ring (bicyclic) bond motifs is 1. The Kier molecular flexibility index (Phi) is 4.48. The second kappa shape index (κ2) is 6.89. The molecule has 6 nitrogen and oxygen atoms in total. The lowest BCUT2D eigenvalue weighted by molar-refractivity contribution is 0.0600. The third-order valence-electron chi connectivity index (χ3n) is 3.57. The number of ketones is 1. The van der Waals surface area contributed by atoms with Gasteiger partial charge in [0.25, 0.3) is 0 Å². The van der Waals surface area contributed by atoms with Crippen LogP contribution in [-0.4, -0.2) is 25.5 Å². The number of benzene rings is 2. The first-order chi connectivity index (χ1) is 12.1. The lowest BCUT2D eigenvalue weighted by Gasteiger charge is -2.03. The van der Waals surface area contributed by atoms with Crippen molar-refractivity contribution in [1.29, 1.82) is 5.26 Å². The minimum absolute atomic E-state index is 0.0814. The molecule has 0 amide bonds. The largest absolute Gasteiger partial charge is 0.479 e. The Balaban J connectivity index is 1.82. The van der Waals surface area contributed by atoms with E-state index >= 15 is 0 Å². The van der Waals surface area contributed by atoms with Crippen molar-refractivity contribution in [3.8, 4) is 17.6 Å². The maximum Gasteiger partial charge on any atom is 0.337 e. The number of Topliss-reactive ketones (excluding diaryl/α,β-unsaturated/α-hetero) is 1. The molecule has 0 spiro atoms. The fourth-order valence-electron chi connectivity index (χ4n) is 2.36. The number of carbonyl (C=O) groups is 2.